The van der Waals surface area contributed by atoms with Crippen LogP contribution < -0.4 is 5.32 Å². The summed E-state index contributed by atoms with van der Waals surface area (Å²) in [5.41, 5.74) is -0.199. The highest BCUT2D eigenvalue weighted by molar-refractivity contribution is 7.07. The van der Waals surface area contributed by atoms with Crippen LogP contribution in [0.4, 0.5) is 4.79 Å². The molecule has 0 bridgehead atoms. The van der Waals surface area contributed by atoms with E-state index in [4.69, 9.17) is 5.11 Å². The van der Waals surface area contributed by atoms with E-state index in [0.717, 1.165) is 5.56 Å². The molecule has 0 saturated carbocycles. The lowest BCUT2D eigenvalue weighted by Gasteiger charge is -2.43. The van der Waals surface area contributed by atoms with Gasteiger partial charge in [-0.2, -0.15) is 11.3 Å². The van der Waals surface area contributed by atoms with Gasteiger partial charge >= 0.3 is 6.09 Å². The van der Waals surface area contributed by atoms with Crippen LogP contribution in [0.15, 0.2) is 16.8 Å². The number of aliphatic hydroxyl groups excluding tert-OH is 1. The summed E-state index contributed by atoms with van der Waals surface area (Å²) in [6.45, 7) is 5.54. The molecule has 1 rings (SSSR count). The lowest BCUT2D eigenvalue weighted by atomic mass is 9.71. The van der Waals surface area contributed by atoms with E-state index >= 15 is 0 Å². The smallest absolute Gasteiger partial charge is 0.405 e. The van der Waals surface area contributed by atoms with E-state index in [9.17, 15) is 9.90 Å². The molecule has 1 aromatic rings. The van der Waals surface area contributed by atoms with Gasteiger partial charge < -0.3 is 15.5 Å². The minimum atomic E-state index is -1.11. The molecule has 0 radical (unpaired) electrons. The van der Waals surface area contributed by atoms with Crippen molar-refractivity contribution in [1.82, 2.24) is 5.32 Å². The van der Waals surface area contributed by atoms with Gasteiger partial charge in [-0.15, -0.1) is 0 Å². The van der Waals surface area contributed by atoms with Gasteiger partial charge in [0.25, 0.3) is 0 Å². The Kier molecular flexibility index (Phi) is 4.16. The maximum atomic E-state index is 10.9. The Labute approximate surface area is 105 Å². The Morgan fingerprint density at radius 1 is 1.47 bits per heavy atom. The van der Waals surface area contributed by atoms with Crippen molar-refractivity contribution in [3.63, 3.8) is 0 Å². The van der Waals surface area contributed by atoms with Crippen molar-refractivity contribution in [1.29, 1.82) is 0 Å². The van der Waals surface area contributed by atoms with Crippen LogP contribution in [0.5, 0.6) is 0 Å². The summed E-state index contributed by atoms with van der Waals surface area (Å²) in [4.78, 5) is 10.9. The summed E-state index contributed by atoms with van der Waals surface area (Å²) in [6, 6.07) is 1.95. The number of hydrogen-bond donors (Lipinski definition) is 3. The van der Waals surface area contributed by atoms with Gasteiger partial charge in [0.15, 0.2) is 0 Å². The fourth-order valence-corrected chi connectivity index (χ4v) is 2.44. The van der Waals surface area contributed by atoms with Gasteiger partial charge in [0.1, 0.15) is 0 Å². The highest BCUT2D eigenvalue weighted by Crippen LogP contribution is 2.33. The van der Waals surface area contributed by atoms with E-state index in [0.29, 0.717) is 6.42 Å². The summed E-state index contributed by atoms with van der Waals surface area (Å²) in [6.07, 6.45) is -0.618. The van der Waals surface area contributed by atoms with E-state index < -0.39 is 11.6 Å². The predicted octanol–water partition coefficient (Wildman–Crippen LogP) is 2.34. The standard InChI is InChI=1S/C12H19NO3S/c1-11(2,3)12(8-14,13-10(15)16)6-9-4-5-17-7-9/h4-5,7,13-14H,6,8H2,1-3H3,(H,15,16)/t12-/m1/s1. The van der Waals surface area contributed by atoms with Crippen molar-refractivity contribution in [3.05, 3.63) is 22.4 Å². The van der Waals surface area contributed by atoms with Crippen molar-refractivity contribution in [2.75, 3.05) is 6.61 Å². The number of hydrogen-bond acceptors (Lipinski definition) is 3. The normalized spacial score (nSPS) is 15.3. The molecule has 0 spiro atoms. The molecule has 0 saturated heterocycles. The van der Waals surface area contributed by atoms with Gasteiger partial charge in [0.05, 0.1) is 12.1 Å². The minimum absolute atomic E-state index is 0.224. The van der Waals surface area contributed by atoms with Gasteiger partial charge in [-0.05, 0) is 34.2 Å². The Balaban J connectivity index is 3.03. The zero-order valence-electron chi connectivity index (χ0n) is 10.4. The lowest BCUT2D eigenvalue weighted by molar-refractivity contribution is 0.0587. The summed E-state index contributed by atoms with van der Waals surface area (Å²) in [7, 11) is 0. The van der Waals surface area contributed by atoms with Crippen molar-refractivity contribution >= 4 is 17.4 Å². The fraction of sp³-hybridized carbons (Fsp3) is 0.583. The average Bonchev–Trinajstić information content (AvgIpc) is 2.66. The molecule has 0 aliphatic heterocycles. The van der Waals surface area contributed by atoms with Crippen molar-refractivity contribution < 1.29 is 15.0 Å². The van der Waals surface area contributed by atoms with Gasteiger partial charge in [-0.3, -0.25) is 0 Å². The first-order valence-corrected chi connectivity index (χ1v) is 6.38. The van der Waals surface area contributed by atoms with Crippen LogP contribution in [-0.4, -0.2) is 28.5 Å². The molecule has 0 unspecified atom stereocenters. The molecule has 4 nitrogen and oxygen atoms in total. The maximum Gasteiger partial charge on any atom is 0.405 e. The van der Waals surface area contributed by atoms with Gasteiger partial charge in [-0.25, -0.2) is 4.79 Å². The summed E-state index contributed by atoms with van der Waals surface area (Å²) < 4.78 is 0. The van der Waals surface area contributed by atoms with Crippen LogP contribution in [0.1, 0.15) is 26.3 Å². The van der Waals surface area contributed by atoms with Gasteiger partial charge in [-0.1, -0.05) is 20.8 Å². The van der Waals surface area contributed by atoms with Gasteiger partial charge in [0.2, 0.25) is 0 Å². The molecule has 1 heterocycles. The second-order valence-corrected chi connectivity index (χ2v) is 6.01. The third-order valence-corrected chi connectivity index (χ3v) is 3.87. The minimum Gasteiger partial charge on any atom is -0.465 e. The number of carboxylic acid groups (broad SMARTS) is 1. The van der Waals surface area contributed by atoms with Crippen LogP contribution in [0, 0.1) is 5.41 Å². The first-order valence-electron chi connectivity index (χ1n) is 5.44. The Morgan fingerprint density at radius 2 is 2.12 bits per heavy atom. The van der Waals surface area contributed by atoms with Crippen LogP contribution >= 0.6 is 11.3 Å². The topological polar surface area (TPSA) is 69.6 Å². The number of amides is 1. The van der Waals surface area contributed by atoms with Crippen molar-refractivity contribution in [2.24, 2.45) is 5.41 Å². The third kappa shape index (κ3) is 3.20. The maximum absolute atomic E-state index is 10.9. The molecule has 3 N–H and O–H groups in total. The zero-order chi connectivity index (χ0) is 13.1. The highest BCUT2D eigenvalue weighted by Gasteiger charge is 2.43. The van der Waals surface area contributed by atoms with Crippen LogP contribution in [0.25, 0.3) is 0 Å². The number of nitrogens with one attached hydrogen (secondary N) is 1. The fourth-order valence-electron chi connectivity index (χ4n) is 1.78. The van der Waals surface area contributed by atoms with Crippen LogP contribution in [0.3, 0.4) is 0 Å². The van der Waals surface area contributed by atoms with Crippen molar-refractivity contribution in [2.45, 2.75) is 32.7 Å². The molecule has 0 fully saturated rings. The molecule has 0 aliphatic carbocycles. The molecule has 0 aliphatic rings. The SMILES string of the molecule is CC(C)(C)[C@](CO)(Cc1ccsc1)NC(=O)O. The first kappa shape index (κ1) is 14.0. The van der Waals surface area contributed by atoms with Crippen molar-refractivity contribution in [3.8, 4) is 0 Å². The quantitative estimate of drug-likeness (QED) is 0.775. The zero-order valence-corrected chi connectivity index (χ0v) is 11.2. The number of thiophene rings is 1. The predicted molar refractivity (Wildman–Crippen MR) is 68.5 cm³/mol. The molecular weight excluding hydrogens is 238 g/mol. The lowest BCUT2D eigenvalue weighted by Crippen LogP contribution is -2.60. The second kappa shape index (κ2) is 5.06. The molecule has 0 aromatic carbocycles. The monoisotopic (exact) mass is 257 g/mol. The molecule has 1 amide bonds. The van der Waals surface area contributed by atoms with E-state index in [1.165, 1.54) is 0 Å². The summed E-state index contributed by atoms with van der Waals surface area (Å²) in [5, 5.41) is 25.0. The molecule has 1 atom stereocenters. The number of rotatable bonds is 4. The number of aliphatic hydroxyl groups is 1. The molecule has 1 aromatic heterocycles. The van der Waals surface area contributed by atoms with E-state index in [1.54, 1.807) is 11.3 Å². The highest BCUT2D eigenvalue weighted by atomic mass is 32.1. The molecule has 5 heteroatoms. The summed E-state index contributed by atoms with van der Waals surface area (Å²) in [5.74, 6) is 0. The third-order valence-electron chi connectivity index (χ3n) is 3.14. The molecule has 96 valence electrons. The first-order chi connectivity index (χ1) is 7.81. The van der Waals surface area contributed by atoms with Gasteiger partial charge in [0, 0.05) is 0 Å². The van der Waals surface area contributed by atoms with E-state index in [2.05, 4.69) is 5.32 Å². The van der Waals surface area contributed by atoms with E-state index in [1.807, 2.05) is 37.6 Å². The molecule has 17 heavy (non-hydrogen) atoms. The van der Waals surface area contributed by atoms with Crippen LogP contribution in [0.2, 0.25) is 0 Å². The Bertz CT molecular complexity index is 370. The summed E-state index contributed by atoms with van der Waals surface area (Å²) >= 11 is 1.56. The number of carbonyl (C=O) groups is 1. The molecular formula is C12H19NO3S. The van der Waals surface area contributed by atoms with Crippen LogP contribution in [-0.2, 0) is 6.42 Å². The Morgan fingerprint density at radius 3 is 2.47 bits per heavy atom. The second-order valence-electron chi connectivity index (χ2n) is 5.23. The van der Waals surface area contributed by atoms with E-state index in [-0.39, 0.29) is 12.0 Å². The largest absolute Gasteiger partial charge is 0.465 e. The Hall–Kier alpha value is -1.07. The average molecular weight is 257 g/mol.